The minimum atomic E-state index is -0.543. The van der Waals surface area contributed by atoms with Gasteiger partial charge in [0.1, 0.15) is 5.76 Å². The first-order chi connectivity index (χ1) is 10.4. The van der Waals surface area contributed by atoms with Crippen molar-refractivity contribution in [2.75, 3.05) is 12.4 Å². The van der Waals surface area contributed by atoms with Gasteiger partial charge in [0.25, 0.3) is 5.69 Å². The van der Waals surface area contributed by atoms with Crippen LogP contribution in [0.5, 0.6) is 0 Å². The van der Waals surface area contributed by atoms with Crippen LogP contribution in [0.15, 0.2) is 33.2 Å². The number of halogens is 1. The zero-order valence-electron chi connectivity index (χ0n) is 11.9. The summed E-state index contributed by atoms with van der Waals surface area (Å²) in [4.78, 5) is 21.7. The lowest BCUT2D eigenvalue weighted by Crippen LogP contribution is -2.02. The molecule has 0 amide bonds. The van der Waals surface area contributed by atoms with Crippen LogP contribution in [-0.2, 0) is 11.3 Å². The molecule has 0 spiro atoms. The Bertz CT molecular complexity index is 726. The summed E-state index contributed by atoms with van der Waals surface area (Å²) >= 11 is 3.29. The van der Waals surface area contributed by atoms with E-state index in [0.29, 0.717) is 28.0 Å². The number of carbonyl (C=O) groups is 1. The summed E-state index contributed by atoms with van der Waals surface area (Å²) in [6, 6.07) is 6.30. The number of nitrogens with zero attached hydrogens (tertiary/aromatic N) is 1. The highest BCUT2D eigenvalue weighted by atomic mass is 79.9. The minimum Gasteiger partial charge on any atom is -0.463 e. The molecule has 22 heavy (non-hydrogen) atoms. The number of hydrogen-bond acceptors (Lipinski definition) is 6. The van der Waals surface area contributed by atoms with Crippen LogP contribution >= 0.6 is 15.9 Å². The number of nitro groups is 1. The predicted octanol–water partition coefficient (Wildman–Crippen LogP) is 3.66. The number of esters is 1. The average molecular weight is 369 g/mol. The molecule has 2 rings (SSSR count). The molecule has 0 aliphatic rings. The van der Waals surface area contributed by atoms with Gasteiger partial charge in [0.15, 0.2) is 0 Å². The third kappa shape index (κ3) is 3.45. The van der Waals surface area contributed by atoms with Crippen molar-refractivity contribution in [3.8, 4) is 0 Å². The van der Waals surface area contributed by atoms with Crippen molar-refractivity contribution >= 4 is 33.3 Å². The molecular weight excluding hydrogens is 356 g/mol. The minimum absolute atomic E-state index is 0.0448. The van der Waals surface area contributed by atoms with E-state index in [2.05, 4.69) is 26.0 Å². The number of benzene rings is 1. The monoisotopic (exact) mass is 368 g/mol. The Morgan fingerprint density at radius 1 is 1.45 bits per heavy atom. The van der Waals surface area contributed by atoms with Crippen molar-refractivity contribution in [1.82, 2.24) is 0 Å². The second-order valence-corrected chi connectivity index (χ2v) is 5.34. The largest absolute Gasteiger partial charge is 0.463 e. The number of nitro benzene ring substituents is 1. The van der Waals surface area contributed by atoms with Crippen LogP contribution in [0.3, 0.4) is 0 Å². The smallest absolute Gasteiger partial charge is 0.373 e. The second kappa shape index (κ2) is 6.61. The molecule has 0 saturated carbocycles. The van der Waals surface area contributed by atoms with Gasteiger partial charge in [0, 0.05) is 21.8 Å². The lowest BCUT2D eigenvalue weighted by molar-refractivity contribution is -0.385. The molecule has 0 fully saturated rings. The van der Waals surface area contributed by atoms with Crippen LogP contribution < -0.4 is 5.32 Å². The van der Waals surface area contributed by atoms with Crippen molar-refractivity contribution in [1.29, 1.82) is 0 Å². The lowest BCUT2D eigenvalue weighted by Gasteiger charge is -2.08. The highest BCUT2D eigenvalue weighted by Gasteiger charge is 2.15. The Morgan fingerprint density at radius 2 is 2.18 bits per heavy atom. The predicted molar refractivity (Wildman–Crippen MR) is 82.9 cm³/mol. The Kier molecular flexibility index (Phi) is 4.81. The van der Waals surface area contributed by atoms with Crippen molar-refractivity contribution in [3.63, 3.8) is 0 Å². The van der Waals surface area contributed by atoms with Crippen molar-refractivity contribution in [2.45, 2.75) is 13.5 Å². The van der Waals surface area contributed by atoms with Crippen LogP contribution in [0.4, 0.5) is 11.4 Å². The number of ether oxygens (including phenoxy) is 1. The molecule has 1 heterocycles. The van der Waals surface area contributed by atoms with Crippen LogP contribution in [0.25, 0.3) is 0 Å². The zero-order valence-corrected chi connectivity index (χ0v) is 13.5. The third-order valence-electron chi connectivity index (χ3n) is 2.98. The normalized spacial score (nSPS) is 10.3. The second-order valence-electron chi connectivity index (χ2n) is 4.49. The highest BCUT2D eigenvalue weighted by Crippen LogP contribution is 2.31. The van der Waals surface area contributed by atoms with Gasteiger partial charge in [-0.05, 0) is 41.1 Å². The molecule has 116 valence electrons. The summed E-state index contributed by atoms with van der Waals surface area (Å²) in [5, 5.41) is 14.0. The first-order valence-corrected chi connectivity index (χ1v) is 7.07. The Labute approximate surface area is 134 Å². The number of aryl methyl sites for hydroxylation is 1. The van der Waals surface area contributed by atoms with Crippen LogP contribution in [-0.4, -0.2) is 18.0 Å². The summed E-state index contributed by atoms with van der Waals surface area (Å²) in [7, 11) is 1.28. The fraction of sp³-hybridized carbons (Fsp3) is 0.214. The van der Waals surface area contributed by atoms with Gasteiger partial charge in [-0.3, -0.25) is 10.1 Å². The summed E-state index contributed by atoms with van der Waals surface area (Å²) in [5.41, 5.74) is 1.29. The molecule has 8 heteroatoms. The Balaban J connectivity index is 2.12. The van der Waals surface area contributed by atoms with Crippen molar-refractivity contribution in [3.05, 3.63) is 55.9 Å². The number of rotatable bonds is 5. The number of anilines is 1. The van der Waals surface area contributed by atoms with Gasteiger partial charge in [-0.25, -0.2) is 4.79 Å². The van der Waals surface area contributed by atoms with Gasteiger partial charge in [0.05, 0.1) is 18.6 Å². The molecule has 2 aromatic rings. The van der Waals surface area contributed by atoms with Crippen LogP contribution in [0.2, 0.25) is 0 Å². The zero-order chi connectivity index (χ0) is 16.3. The summed E-state index contributed by atoms with van der Waals surface area (Å²) in [5.74, 6) is 0.125. The maximum absolute atomic E-state index is 11.3. The van der Waals surface area contributed by atoms with E-state index < -0.39 is 10.9 Å². The van der Waals surface area contributed by atoms with E-state index in [-0.39, 0.29) is 11.4 Å². The topological polar surface area (TPSA) is 94.6 Å². The SMILES string of the molecule is COC(=O)c1ccc(CNc2cc(C)c([N+](=O)[O-])cc2Br)o1. The first-order valence-electron chi connectivity index (χ1n) is 6.27. The molecule has 0 radical (unpaired) electrons. The van der Waals surface area contributed by atoms with Gasteiger partial charge in [0.2, 0.25) is 5.76 Å². The van der Waals surface area contributed by atoms with Gasteiger partial charge in [-0.15, -0.1) is 0 Å². The quantitative estimate of drug-likeness (QED) is 0.491. The van der Waals surface area contributed by atoms with E-state index in [1.807, 2.05) is 0 Å². The Morgan fingerprint density at radius 3 is 2.82 bits per heavy atom. The molecule has 0 bridgehead atoms. The van der Waals surface area contributed by atoms with E-state index in [1.54, 1.807) is 19.1 Å². The first kappa shape index (κ1) is 16.0. The van der Waals surface area contributed by atoms with Gasteiger partial charge >= 0.3 is 5.97 Å². The number of furan rings is 1. The molecule has 0 atom stereocenters. The fourth-order valence-electron chi connectivity index (χ4n) is 1.87. The molecule has 1 aromatic carbocycles. The number of carbonyl (C=O) groups excluding carboxylic acids is 1. The van der Waals surface area contributed by atoms with Crippen LogP contribution in [0.1, 0.15) is 21.9 Å². The third-order valence-corrected chi connectivity index (χ3v) is 3.64. The Hall–Kier alpha value is -2.35. The van der Waals surface area contributed by atoms with Gasteiger partial charge < -0.3 is 14.5 Å². The standard InChI is InChI=1S/C14H13BrN2O5/c1-8-5-11(10(15)6-12(8)17(19)20)16-7-9-3-4-13(22-9)14(18)21-2/h3-6,16H,7H2,1-2H3. The summed E-state index contributed by atoms with van der Waals surface area (Å²) in [6.45, 7) is 1.99. The van der Waals surface area contributed by atoms with E-state index >= 15 is 0 Å². The van der Waals surface area contributed by atoms with Crippen LogP contribution in [0, 0.1) is 17.0 Å². The molecule has 0 saturated heterocycles. The molecule has 7 nitrogen and oxygen atoms in total. The number of nitrogens with one attached hydrogen (secondary N) is 1. The van der Waals surface area contributed by atoms with E-state index in [1.165, 1.54) is 19.2 Å². The molecule has 0 aliphatic heterocycles. The molecule has 0 aliphatic carbocycles. The molecule has 1 N–H and O–H groups in total. The van der Waals surface area contributed by atoms with E-state index in [9.17, 15) is 14.9 Å². The fourth-order valence-corrected chi connectivity index (χ4v) is 2.34. The van der Waals surface area contributed by atoms with E-state index in [4.69, 9.17) is 4.42 Å². The maximum atomic E-state index is 11.3. The van der Waals surface area contributed by atoms with E-state index in [0.717, 1.165) is 0 Å². The molecule has 0 unspecified atom stereocenters. The highest BCUT2D eigenvalue weighted by molar-refractivity contribution is 9.10. The lowest BCUT2D eigenvalue weighted by atomic mass is 10.2. The average Bonchev–Trinajstić information content (AvgIpc) is 2.95. The van der Waals surface area contributed by atoms with Gasteiger partial charge in [-0.1, -0.05) is 0 Å². The molecular formula is C14H13BrN2O5. The maximum Gasteiger partial charge on any atom is 0.373 e. The van der Waals surface area contributed by atoms with Crippen molar-refractivity contribution < 1.29 is 18.9 Å². The number of hydrogen-bond donors (Lipinski definition) is 1. The van der Waals surface area contributed by atoms with Gasteiger partial charge in [-0.2, -0.15) is 0 Å². The number of methoxy groups -OCH3 is 1. The summed E-state index contributed by atoms with van der Waals surface area (Å²) < 4.78 is 10.5. The summed E-state index contributed by atoms with van der Waals surface area (Å²) in [6.07, 6.45) is 0. The van der Waals surface area contributed by atoms with Crippen molar-refractivity contribution in [2.24, 2.45) is 0 Å². The molecule has 1 aromatic heterocycles.